The van der Waals surface area contributed by atoms with Crippen molar-refractivity contribution in [1.29, 1.82) is 0 Å². The average Bonchev–Trinajstić information content (AvgIpc) is 2.28. The second kappa shape index (κ2) is 2.71. The van der Waals surface area contributed by atoms with Crippen molar-refractivity contribution >= 4 is 0 Å². The first-order valence-corrected chi connectivity index (χ1v) is 5.43. The molecule has 3 aliphatic rings. The molecule has 3 heterocycles. The summed E-state index contributed by atoms with van der Waals surface area (Å²) in [6.45, 7) is 2.51. The number of nitrogens with one attached hydrogen (secondary N) is 1. The van der Waals surface area contributed by atoms with E-state index in [-0.39, 0.29) is 0 Å². The van der Waals surface area contributed by atoms with Crippen molar-refractivity contribution < 1.29 is 0 Å². The zero-order chi connectivity index (χ0) is 7.97. The molecule has 0 aromatic carbocycles. The van der Waals surface area contributed by atoms with Gasteiger partial charge in [0.25, 0.3) is 0 Å². The van der Waals surface area contributed by atoms with Crippen LogP contribution in [-0.4, -0.2) is 36.1 Å². The molecule has 3 saturated heterocycles. The van der Waals surface area contributed by atoms with Crippen LogP contribution < -0.4 is 5.32 Å². The van der Waals surface area contributed by atoms with Crippen LogP contribution >= 0.6 is 0 Å². The lowest BCUT2D eigenvalue weighted by Gasteiger charge is -2.45. The van der Waals surface area contributed by atoms with E-state index in [1.165, 1.54) is 45.2 Å². The molecule has 2 bridgehead atoms. The summed E-state index contributed by atoms with van der Waals surface area (Å²) in [6.07, 6.45) is 7.42. The van der Waals surface area contributed by atoms with Crippen LogP contribution in [-0.2, 0) is 0 Å². The molecule has 0 aromatic rings. The number of rotatable bonds is 1. The van der Waals surface area contributed by atoms with Crippen LogP contribution in [0.15, 0.2) is 0 Å². The average molecular weight is 166 g/mol. The molecule has 0 radical (unpaired) electrons. The molecule has 3 rings (SSSR count). The van der Waals surface area contributed by atoms with Crippen molar-refractivity contribution in [1.82, 2.24) is 10.2 Å². The lowest BCUT2D eigenvalue weighted by atomic mass is 9.98. The van der Waals surface area contributed by atoms with Gasteiger partial charge in [-0.1, -0.05) is 6.42 Å². The minimum Gasteiger partial charge on any atom is -0.314 e. The Hall–Kier alpha value is -0.0800. The van der Waals surface area contributed by atoms with Crippen LogP contribution in [0.2, 0.25) is 0 Å². The summed E-state index contributed by atoms with van der Waals surface area (Å²) in [6, 6.07) is 2.84. The minimum absolute atomic E-state index is 0.905. The Morgan fingerprint density at radius 3 is 2.00 bits per heavy atom. The van der Waals surface area contributed by atoms with Crippen molar-refractivity contribution in [3.8, 4) is 0 Å². The fourth-order valence-corrected chi connectivity index (χ4v) is 3.24. The maximum atomic E-state index is 3.39. The van der Waals surface area contributed by atoms with Crippen molar-refractivity contribution in [3.05, 3.63) is 0 Å². The van der Waals surface area contributed by atoms with E-state index >= 15 is 0 Å². The van der Waals surface area contributed by atoms with Crippen LogP contribution in [0, 0.1) is 0 Å². The molecule has 2 atom stereocenters. The first kappa shape index (κ1) is 7.34. The Bertz CT molecular complexity index is 161. The van der Waals surface area contributed by atoms with Gasteiger partial charge in [0, 0.05) is 31.2 Å². The number of nitrogens with zero attached hydrogens (tertiary/aromatic N) is 1. The van der Waals surface area contributed by atoms with E-state index in [4.69, 9.17) is 0 Å². The monoisotopic (exact) mass is 166 g/mol. The lowest BCUT2D eigenvalue weighted by Crippen LogP contribution is -2.61. The summed E-state index contributed by atoms with van der Waals surface area (Å²) in [7, 11) is 0. The number of hydrogen-bond acceptors (Lipinski definition) is 2. The van der Waals surface area contributed by atoms with Gasteiger partial charge in [0.1, 0.15) is 0 Å². The van der Waals surface area contributed by atoms with E-state index in [2.05, 4.69) is 10.2 Å². The maximum Gasteiger partial charge on any atom is 0.0351 e. The normalized spacial score (nSPS) is 43.0. The maximum absolute atomic E-state index is 3.39. The summed E-state index contributed by atoms with van der Waals surface area (Å²) < 4.78 is 0. The van der Waals surface area contributed by atoms with Gasteiger partial charge in [-0.25, -0.2) is 0 Å². The van der Waals surface area contributed by atoms with Gasteiger partial charge in [-0.3, -0.25) is 4.90 Å². The van der Waals surface area contributed by atoms with Crippen LogP contribution in [0.5, 0.6) is 0 Å². The summed E-state index contributed by atoms with van der Waals surface area (Å²) >= 11 is 0. The van der Waals surface area contributed by atoms with Crippen molar-refractivity contribution in [2.75, 3.05) is 13.1 Å². The fraction of sp³-hybridized carbons (Fsp3) is 1.00. The molecule has 3 aliphatic heterocycles. The summed E-state index contributed by atoms with van der Waals surface area (Å²) in [5.41, 5.74) is 0. The largest absolute Gasteiger partial charge is 0.314 e. The van der Waals surface area contributed by atoms with Gasteiger partial charge in [-0.2, -0.15) is 0 Å². The molecular weight excluding hydrogens is 148 g/mol. The minimum atomic E-state index is 0.905. The van der Waals surface area contributed by atoms with Gasteiger partial charge < -0.3 is 5.32 Å². The topological polar surface area (TPSA) is 15.3 Å². The molecule has 0 amide bonds. The van der Waals surface area contributed by atoms with E-state index in [0.717, 1.165) is 18.1 Å². The molecule has 2 unspecified atom stereocenters. The Morgan fingerprint density at radius 2 is 1.50 bits per heavy atom. The molecule has 68 valence electrons. The number of fused-ring (bicyclic) bond motifs is 2. The highest BCUT2D eigenvalue weighted by atomic mass is 15.3. The van der Waals surface area contributed by atoms with E-state index in [1.807, 2.05) is 0 Å². The van der Waals surface area contributed by atoms with Gasteiger partial charge in [-0.05, 0) is 25.7 Å². The van der Waals surface area contributed by atoms with Crippen LogP contribution in [0.1, 0.15) is 32.1 Å². The second-order valence-corrected chi connectivity index (χ2v) is 4.58. The molecule has 0 aromatic heterocycles. The first-order valence-electron chi connectivity index (χ1n) is 5.43. The third kappa shape index (κ3) is 0.944. The molecule has 0 aliphatic carbocycles. The molecular formula is C10H18N2. The van der Waals surface area contributed by atoms with Crippen molar-refractivity contribution in [2.24, 2.45) is 0 Å². The summed E-state index contributed by atoms with van der Waals surface area (Å²) in [5, 5.41) is 3.39. The third-order valence-corrected chi connectivity index (χ3v) is 3.93. The highest BCUT2D eigenvalue weighted by Crippen LogP contribution is 2.37. The van der Waals surface area contributed by atoms with Gasteiger partial charge in [0.05, 0.1) is 0 Å². The van der Waals surface area contributed by atoms with E-state index in [1.54, 1.807) is 0 Å². The van der Waals surface area contributed by atoms with Gasteiger partial charge >= 0.3 is 0 Å². The zero-order valence-electron chi connectivity index (χ0n) is 7.63. The first-order chi connectivity index (χ1) is 5.95. The Labute approximate surface area is 74.3 Å². The molecule has 0 saturated carbocycles. The van der Waals surface area contributed by atoms with Crippen LogP contribution in [0.4, 0.5) is 0 Å². The van der Waals surface area contributed by atoms with Crippen LogP contribution in [0.3, 0.4) is 0 Å². The number of hydrogen-bond donors (Lipinski definition) is 1. The van der Waals surface area contributed by atoms with E-state index in [0.29, 0.717) is 0 Å². The zero-order valence-corrected chi connectivity index (χ0v) is 7.63. The van der Waals surface area contributed by atoms with E-state index in [9.17, 15) is 0 Å². The smallest absolute Gasteiger partial charge is 0.0351 e. The molecule has 0 spiro atoms. The quantitative estimate of drug-likeness (QED) is 0.624. The van der Waals surface area contributed by atoms with Crippen molar-refractivity contribution in [3.63, 3.8) is 0 Å². The van der Waals surface area contributed by atoms with Gasteiger partial charge in [0.15, 0.2) is 0 Å². The van der Waals surface area contributed by atoms with Gasteiger partial charge in [-0.15, -0.1) is 0 Å². The van der Waals surface area contributed by atoms with Gasteiger partial charge in [0.2, 0.25) is 0 Å². The van der Waals surface area contributed by atoms with Crippen molar-refractivity contribution in [2.45, 2.75) is 50.2 Å². The standard InChI is InChI=1S/C10H18N2/c1-2-8-4-5-9(3-1)12(8)10-6-11-7-10/h8-11H,1-7H2. The highest BCUT2D eigenvalue weighted by molar-refractivity contribution is 4.99. The molecule has 1 N–H and O–H groups in total. The summed E-state index contributed by atoms with van der Waals surface area (Å²) in [4.78, 5) is 2.83. The molecule has 2 nitrogen and oxygen atoms in total. The molecule has 12 heavy (non-hydrogen) atoms. The van der Waals surface area contributed by atoms with E-state index < -0.39 is 0 Å². The molecule has 2 heteroatoms. The summed E-state index contributed by atoms with van der Waals surface area (Å²) in [5.74, 6) is 0. The Kier molecular flexibility index (Phi) is 1.66. The SMILES string of the molecule is C1CC2CCC(C1)N2C1CNC1. The molecule has 3 fully saturated rings. The second-order valence-electron chi connectivity index (χ2n) is 4.58. The number of piperidine rings is 1. The third-order valence-electron chi connectivity index (χ3n) is 3.93. The Morgan fingerprint density at radius 1 is 0.833 bits per heavy atom. The highest BCUT2D eigenvalue weighted by Gasteiger charge is 2.41. The van der Waals surface area contributed by atoms with Crippen LogP contribution in [0.25, 0.3) is 0 Å². The fourth-order valence-electron chi connectivity index (χ4n) is 3.24. The lowest BCUT2D eigenvalue weighted by molar-refractivity contribution is 0.0580. The Balaban J connectivity index is 1.75. The predicted octanol–water partition coefficient (Wildman–Crippen LogP) is 0.975. The predicted molar refractivity (Wildman–Crippen MR) is 49.2 cm³/mol.